The lowest BCUT2D eigenvalue weighted by Gasteiger charge is -2.56. The van der Waals surface area contributed by atoms with Crippen molar-refractivity contribution in [3.63, 3.8) is 0 Å². The number of nitrogens with one attached hydrogen (secondary N) is 2. The molecule has 4 N–H and O–H groups in total. The van der Waals surface area contributed by atoms with E-state index in [0.717, 1.165) is 31.5 Å². The summed E-state index contributed by atoms with van der Waals surface area (Å²) in [5.74, 6) is -1.96. The highest BCUT2D eigenvalue weighted by Crippen LogP contribution is 2.55. The lowest BCUT2D eigenvalue weighted by Crippen LogP contribution is -2.59. The largest absolute Gasteiger partial charge is 0.506 e. The van der Waals surface area contributed by atoms with Crippen LogP contribution in [-0.4, -0.2) is 34.9 Å². The topological polar surface area (TPSA) is 81.6 Å². The van der Waals surface area contributed by atoms with E-state index in [1.54, 1.807) is 0 Å². The van der Waals surface area contributed by atoms with Crippen LogP contribution in [-0.2, 0) is 22.8 Å². The number of aromatic hydroxyl groups is 1. The van der Waals surface area contributed by atoms with Crippen molar-refractivity contribution in [3.8, 4) is 5.75 Å². The predicted molar refractivity (Wildman–Crippen MR) is 120 cm³/mol. The molecular formula is C25H26F6N2O3. The molecule has 1 aliphatic heterocycles. The highest BCUT2D eigenvalue weighted by atomic mass is 19.4. The normalized spacial score (nSPS) is 25.1. The average molecular weight is 516 g/mol. The number of anilines is 2. The van der Waals surface area contributed by atoms with Gasteiger partial charge in [-0.1, -0.05) is 12.8 Å². The molecule has 2 fully saturated rings. The number of halogens is 6. The molecule has 3 aliphatic rings. The van der Waals surface area contributed by atoms with Crippen LogP contribution in [0, 0.1) is 5.92 Å². The van der Waals surface area contributed by atoms with Crippen molar-refractivity contribution in [2.24, 2.45) is 5.92 Å². The Balaban J connectivity index is 0.000000384. The van der Waals surface area contributed by atoms with Crippen molar-refractivity contribution in [1.82, 2.24) is 5.32 Å². The summed E-state index contributed by atoms with van der Waals surface area (Å²) in [6.45, 7) is 1.02. The molecule has 3 atom stereocenters. The van der Waals surface area contributed by atoms with Gasteiger partial charge in [-0.2, -0.15) is 26.3 Å². The number of fused-ring (bicyclic) bond motifs is 1. The third kappa shape index (κ3) is 5.11. The Kier molecular flexibility index (Phi) is 6.89. The zero-order valence-electron chi connectivity index (χ0n) is 19.1. The number of hydrogen-bond donors (Lipinski definition) is 4. The Hall–Kier alpha value is -2.95. The number of benzene rings is 2. The van der Waals surface area contributed by atoms with Gasteiger partial charge in [-0.15, -0.1) is 0 Å². The fourth-order valence-corrected chi connectivity index (χ4v) is 5.97. The van der Waals surface area contributed by atoms with E-state index in [9.17, 15) is 31.4 Å². The molecule has 2 aromatic carbocycles. The summed E-state index contributed by atoms with van der Waals surface area (Å²) in [5, 5.41) is 24.7. The molecule has 2 aliphatic carbocycles. The summed E-state index contributed by atoms with van der Waals surface area (Å²) >= 11 is 0. The first-order valence-electron chi connectivity index (χ1n) is 11.7. The third-order valence-electron chi connectivity index (χ3n) is 7.49. The molecule has 36 heavy (non-hydrogen) atoms. The number of carbonyl (C=O) groups is 1. The number of aliphatic carboxylic acids is 1. The molecule has 2 aromatic rings. The van der Waals surface area contributed by atoms with Crippen LogP contribution < -0.4 is 10.6 Å². The monoisotopic (exact) mass is 516 g/mol. The number of carboxylic acid groups (broad SMARTS) is 1. The number of piperidine rings is 1. The minimum Gasteiger partial charge on any atom is -0.506 e. The standard InChI is InChI=1S/C23H25F3N2O.C2HF3O2/c24-23(25,26)15-4-6-16(7-5-15)28-20-12-14-11-19-17-3-1-2-8-22(17,9-10-27-19)18(14)13-21(20)29;3-2(4,5)1(6)7/h4-7,12-13,17,19,27-29H,1-3,8-11H2;(H,6,7)/t17-,19+,22+;/m1./s1. The van der Waals surface area contributed by atoms with Gasteiger partial charge in [-0.3, -0.25) is 0 Å². The maximum absolute atomic E-state index is 12.8. The van der Waals surface area contributed by atoms with Gasteiger partial charge in [0.2, 0.25) is 0 Å². The van der Waals surface area contributed by atoms with Crippen molar-refractivity contribution < 1.29 is 41.4 Å². The van der Waals surface area contributed by atoms with Crippen LogP contribution in [0.1, 0.15) is 48.8 Å². The van der Waals surface area contributed by atoms with E-state index in [-0.39, 0.29) is 11.2 Å². The van der Waals surface area contributed by atoms with Crippen molar-refractivity contribution in [2.75, 3.05) is 11.9 Å². The molecule has 11 heteroatoms. The number of hydrogen-bond acceptors (Lipinski definition) is 4. The second-order valence-corrected chi connectivity index (χ2v) is 9.55. The van der Waals surface area contributed by atoms with Crippen LogP contribution in [0.2, 0.25) is 0 Å². The van der Waals surface area contributed by atoms with Crippen molar-refractivity contribution in [1.29, 1.82) is 0 Å². The molecular weight excluding hydrogens is 490 g/mol. The summed E-state index contributed by atoms with van der Waals surface area (Å²) in [5.41, 5.74) is 3.08. The Morgan fingerprint density at radius 3 is 2.31 bits per heavy atom. The molecule has 0 unspecified atom stereocenters. The minimum absolute atomic E-state index is 0.159. The van der Waals surface area contributed by atoms with Crippen LogP contribution >= 0.6 is 0 Å². The first-order valence-corrected chi connectivity index (χ1v) is 11.7. The summed E-state index contributed by atoms with van der Waals surface area (Å²) in [6, 6.07) is 9.29. The van der Waals surface area contributed by atoms with Gasteiger partial charge >= 0.3 is 18.3 Å². The highest BCUT2D eigenvalue weighted by molar-refractivity contribution is 5.73. The zero-order valence-corrected chi connectivity index (χ0v) is 19.1. The van der Waals surface area contributed by atoms with Gasteiger partial charge < -0.3 is 20.8 Å². The fraction of sp³-hybridized carbons (Fsp3) is 0.480. The zero-order chi connectivity index (χ0) is 26.3. The number of phenols is 1. The van der Waals surface area contributed by atoms with E-state index in [0.29, 0.717) is 23.3 Å². The SMILES string of the molecule is O=C(O)C(F)(F)F.Oc1cc2c(cc1Nc1ccc(C(F)(F)F)cc1)C[C@@H]1NCC[C@]23CCCC[C@H]13. The Bertz CT molecular complexity index is 1110. The average Bonchev–Trinajstić information content (AvgIpc) is 2.80. The van der Waals surface area contributed by atoms with Gasteiger partial charge in [0.25, 0.3) is 0 Å². The second-order valence-electron chi connectivity index (χ2n) is 9.55. The number of rotatable bonds is 2. The molecule has 1 saturated carbocycles. The first-order chi connectivity index (χ1) is 16.8. The van der Waals surface area contributed by atoms with Crippen molar-refractivity contribution >= 4 is 17.3 Å². The van der Waals surface area contributed by atoms with Crippen molar-refractivity contribution in [3.05, 3.63) is 53.1 Å². The Labute approximate surface area is 203 Å². The molecule has 0 spiro atoms. The van der Waals surface area contributed by atoms with E-state index in [1.165, 1.54) is 48.9 Å². The molecule has 5 rings (SSSR count). The summed E-state index contributed by atoms with van der Waals surface area (Å²) < 4.78 is 70.1. The number of phenolic OH excluding ortho intramolecular Hbond substituents is 1. The lowest BCUT2D eigenvalue weighted by molar-refractivity contribution is -0.192. The fourth-order valence-electron chi connectivity index (χ4n) is 5.97. The Morgan fingerprint density at radius 2 is 1.69 bits per heavy atom. The molecule has 196 valence electrons. The summed E-state index contributed by atoms with van der Waals surface area (Å²) in [6.07, 6.45) is -2.48. The summed E-state index contributed by atoms with van der Waals surface area (Å²) in [4.78, 5) is 8.90. The van der Waals surface area contributed by atoms with Crippen LogP contribution in [0.3, 0.4) is 0 Å². The van der Waals surface area contributed by atoms with E-state index in [1.807, 2.05) is 12.1 Å². The van der Waals surface area contributed by atoms with Crippen molar-refractivity contribution in [2.45, 2.75) is 62.3 Å². The Morgan fingerprint density at radius 1 is 1.03 bits per heavy atom. The minimum atomic E-state index is -5.08. The van der Waals surface area contributed by atoms with Crippen LogP contribution in [0.4, 0.5) is 37.7 Å². The van der Waals surface area contributed by atoms with Gasteiger partial charge in [0, 0.05) is 17.1 Å². The van der Waals surface area contributed by atoms with E-state index >= 15 is 0 Å². The van der Waals surface area contributed by atoms with E-state index in [2.05, 4.69) is 10.6 Å². The molecule has 1 saturated heterocycles. The molecule has 5 nitrogen and oxygen atoms in total. The molecule has 0 amide bonds. The third-order valence-corrected chi connectivity index (χ3v) is 7.49. The molecule has 0 aromatic heterocycles. The van der Waals surface area contributed by atoms with E-state index in [4.69, 9.17) is 9.90 Å². The summed E-state index contributed by atoms with van der Waals surface area (Å²) in [7, 11) is 0. The first kappa shape index (κ1) is 26.1. The maximum atomic E-state index is 12.8. The van der Waals surface area contributed by atoms with Gasteiger partial charge in [-0.25, -0.2) is 4.79 Å². The predicted octanol–water partition coefficient (Wildman–Crippen LogP) is 6.13. The molecule has 1 heterocycles. The van der Waals surface area contributed by atoms with E-state index < -0.39 is 23.9 Å². The van der Waals surface area contributed by atoms with Crippen LogP contribution in [0.5, 0.6) is 5.75 Å². The van der Waals surface area contributed by atoms with Gasteiger partial charge in [-0.05, 0) is 85.7 Å². The highest BCUT2D eigenvalue weighted by Gasteiger charge is 2.51. The molecule has 2 bridgehead atoms. The van der Waals surface area contributed by atoms with Gasteiger partial charge in [0.05, 0.1) is 11.3 Å². The quantitative estimate of drug-likeness (QED) is 0.285. The molecule has 0 radical (unpaired) electrons. The smallest absolute Gasteiger partial charge is 0.490 e. The van der Waals surface area contributed by atoms with Gasteiger partial charge in [0.1, 0.15) is 5.75 Å². The number of alkyl halides is 6. The lowest BCUT2D eigenvalue weighted by atomic mass is 9.53. The van der Waals surface area contributed by atoms with Crippen LogP contribution in [0.15, 0.2) is 36.4 Å². The number of carboxylic acids is 1. The maximum Gasteiger partial charge on any atom is 0.490 e. The van der Waals surface area contributed by atoms with Crippen LogP contribution in [0.25, 0.3) is 0 Å². The van der Waals surface area contributed by atoms with Gasteiger partial charge in [0.15, 0.2) is 0 Å². The second kappa shape index (κ2) is 9.49.